The molecule has 0 bridgehead atoms. The molecule has 2 aliphatic rings. The van der Waals surface area contributed by atoms with Gasteiger partial charge in [0.15, 0.2) is 0 Å². The van der Waals surface area contributed by atoms with E-state index in [-0.39, 0.29) is 17.6 Å². The van der Waals surface area contributed by atoms with Gasteiger partial charge in [-0.2, -0.15) is 5.26 Å². The molecule has 0 N–H and O–H groups in total. The van der Waals surface area contributed by atoms with Gasteiger partial charge in [0, 0.05) is 5.56 Å². The number of fused-ring (bicyclic) bond motifs is 1. The molecule has 0 aromatic heterocycles. The fraction of sp³-hybridized carbons (Fsp3) is 0.472. The van der Waals surface area contributed by atoms with Crippen LogP contribution in [0.5, 0.6) is 0 Å². The van der Waals surface area contributed by atoms with Gasteiger partial charge in [0.25, 0.3) is 0 Å². The van der Waals surface area contributed by atoms with Gasteiger partial charge in [-0.3, -0.25) is 0 Å². The molecular weight excluding hydrogens is 484 g/mol. The van der Waals surface area contributed by atoms with Crippen molar-refractivity contribution in [1.29, 1.82) is 5.26 Å². The zero-order valence-corrected chi connectivity index (χ0v) is 23.3. The van der Waals surface area contributed by atoms with Gasteiger partial charge in [0.2, 0.25) is 0 Å². The molecule has 1 unspecified atom stereocenters. The summed E-state index contributed by atoms with van der Waals surface area (Å²) in [6.45, 7) is 2.24. The Morgan fingerprint density at radius 1 is 0.821 bits per heavy atom. The average molecular weight is 526 g/mol. The first-order chi connectivity index (χ1) is 19.1. The second-order valence-corrected chi connectivity index (χ2v) is 11.9. The van der Waals surface area contributed by atoms with Gasteiger partial charge in [-0.1, -0.05) is 56.2 Å². The van der Waals surface area contributed by atoms with Crippen LogP contribution in [0.3, 0.4) is 0 Å². The minimum atomic E-state index is -0.340. The predicted molar refractivity (Wildman–Crippen MR) is 155 cm³/mol. The number of aryl methyl sites for hydroxylation is 2. The number of nitrogens with zero attached hydrogens (tertiary/aromatic N) is 1. The van der Waals surface area contributed by atoms with Crippen molar-refractivity contribution in [3.63, 3.8) is 0 Å². The third kappa shape index (κ3) is 6.60. The van der Waals surface area contributed by atoms with Crippen LogP contribution in [0, 0.1) is 28.9 Å². The van der Waals surface area contributed by atoms with Crippen LogP contribution in [-0.2, 0) is 25.7 Å². The van der Waals surface area contributed by atoms with E-state index in [2.05, 4.69) is 37.3 Å². The van der Waals surface area contributed by atoms with Crippen LogP contribution in [-0.4, -0.2) is 0 Å². The summed E-state index contributed by atoms with van der Waals surface area (Å²) in [5, 5.41) is 9.04. The van der Waals surface area contributed by atoms with Crippen molar-refractivity contribution < 1.29 is 8.78 Å². The smallest absolute Gasteiger partial charge is 0.133 e. The quantitative estimate of drug-likeness (QED) is 0.255. The van der Waals surface area contributed by atoms with E-state index < -0.39 is 0 Å². The molecule has 0 spiro atoms. The van der Waals surface area contributed by atoms with Crippen LogP contribution >= 0.6 is 0 Å². The number of hydrogen-bond acceptors (Lipinski definition) is 1. The third-order valence-electron chi connectivity index (χ3n) is 9.34. The Kier molecular flexibility index (Phi) is 9.13. The number of benzene rings is 3. The molecule has 1 fully saturated rings. The fourth-order valence-electron chi connectivity index (χ4n) is 6.93. The molecule has 3 aromatic carbocycles. The number of nitriles is 1. The Bertz CT molecular complexity index is 1280. The first-order valence-corrected chi connectivity index (χ1v) is 15.1. The summed E-state index contributed by atoms with van der Waals surface area (Å²) in [6, 6.07) is 20.7. The first-order valence-electron chi connectivity index (χ1n) is 15.1. The summed E-state index contributed by atoms with van der Waals surface area (Å²) in [7, 11) is 0. The minimum Gasteiger partial charge on any atom is -0.207 e. The Morgan fingerprint density at radius 2 is 1.49 bits per heavy atom. The van der Waals surface area contributed by atoms with Crippen LogP contribution in [0.4, 0.5) is 8.78 Å². The second-order valence-electron chi connectivity index (χ2n) is 11.9. The van der Waals surface area contributed by atoms with Crippen molar-refractivity contribution in [1.82, 2.24) is 0 Å². The van der Waals surface area contributed by atoms with Crippen molar-refractivity contribution in [2.45, 2.75) is 102 Å². The number of rotatable bonds is 9. The normalized spacial score (nSPS) is 20.8. The van der Waals surface area contributed by atoms with Gasteiger partial charge in [0.1, 0.15) is 11.6 Å². The summed E-state index contributed by atoms with van der Waals surface area (Å²) in [4.78, 5) is 0. The minimum absolute atomic E-state index is 0.0485. The Morgan fingerprint density at radius 3 is 2.15 bits per heavy atom. The lowest BCUT2D eigenvalue weighted by atomic mass is 9.74. The molecule has 0 aliphatic heterocycles. The summed E-state index contributed by atoms with van der Waals surface area (Å²) in [5.74, 6) is 0.230. The van der Waals surface area contributed by atoms with E-state index in [9.17, 15) is 0 Å². The van der Waals surface area contributed by atoms with Gasteiger partial charge in [-0.15, -0.1) is 0 Å². The molecule has 0 radical (unpaired) electrons. The molecule has 2 aliphatic carbocycles. The number of hydrogen-bond donors (Lipinski definition) is 0. The van der Waals surface area contributed by atoms with Crippen molar-refractivity contribution in [2.24, 2.45) is 5.92 Å². The first kappa shape index (κ1) is 27.6. The molecule has 1 nitrogen and oxygen atoms in total. The van der Waals surface area contributed by atoms with E-state index >= 15 is 8.78 Å². The van der Waals surface area contributed by atoms with E-state index in [0.717, 1.165) is 75.3 Å². The van der Waals surface area contributed by atoms with Crippen LogP contribution in [0.15, 0.2) is 54.6 Å². The van der Waals surface area contributed by atoms with Crippen molar-refractivity contribution >= 4 is 0 Å². The lowest BCUT2D eigenvalue weighted by Crippen LogP contribution is -2.20. The van der Waals surface area contributed by atoms with E-state index in [1.165, 1.54) is 36.0 Å². The summed E-state index contributed by atoms with van der Waals surface area (Å²) >= 11 is 0. The summed E-state index contributed by atoms with van der Waals surface area (Å²) in [6.07, 6.45) is 13.0. The second kappa shape index (κ2) is 12.9. The number of unbranched alkanes of at least 4 members (excludes halogenated alkanes) is 2. The highest BCUT2D eigenvalue weighted by Gasteiger charge is 2.31. The van der Waals surface area contributed by atoms with E-state index in [1.807, 2.05) is 24.3 Å². The maximum atomic E-state index is 15.8. The topological polar surface area (TPSA) is 23.8 Å². The summed E-state index contributed by atoms with van der Waals surface area (Å²) < 4.78 is 31.1. The van der Waals surface area contributed by atoms with Crippen molar-refractivity contribution in [2.75, 3.05) is 0 Å². The molecule has 1 saturated carbocycles. The molecule has 5 rings (SSSR count). The zero-order chi connectivity index (χ0) is 27.2. The number of halogens is 2. The van der Waals surface area contributed by atoms with E-state index in [0.29, 0.717) is 23.0 Å². The summed E-state index contributed by atoms with van der Waals surface area (Å²) in [5.41, 5.74) is 6.68. The molecule has 204 valence electrons. The highest BCUT2D eigenvalue weighted by Crippen LogP contribution is 2.44. The lowest BCUT2D eigenvalue weighted by Gasteiger charge is -2.31. The molecule has 1 atom stereocenters. The van der Waals surface area contributed by atoms with Gasteiger partial charge in [-0.25, -0.2) is 8.78 Å². The van der Waals surface area contributed by atoms with Crippen molar-refractivity contribution in [3.8, 4) is 6.07 Å². The van der Waals surface area contributed by atoms with Crippen molar-refractivity contribution in [3.05, 3.63) is 105 Å². The van der Waals surface area contributed by atoms with Crippen LogP contribution < -0.4 is 0 Å². The van der Waals surface area contributed by atoms with Gasteiger partial charge in [-0.05, 0) is 134 Å². The predicted octanol–water partition coefficient (Wildman–Crippen LogP) is 9.75. The van der Waals surface area contributed by atoms with E-state index in [1.54, 1.807) is 6.07 Å². The van der Waals surface area contributed by atoms with Gasteiger partial charge in [0.05, 0.1) is 11.6 Å². The molecule has 39 heavy (non-hydrogen) atoms. The zero-order valence-electron chi connectivity index (χ0n) is 23.3. The molecule has 0 heterocycles. The highest BCUT2D eigenvalue weighted by atomic mass is 19.1. The third-order valence-corrected chi connectivity index (χ3v) is 9.34. The Balaban J connectivity index is 1.17. The van der Waals surface area contributed by atoms with Gasteiger partial charge >= 0.3 is 0 Å². The monoisotopic (exact) mass is 525 g/mol. The van der Waals surface area contributed by atoms with Gasteiger partial charge < -0.3 is 0 Å². The van der Waals surface area contributed by atoms with Crippen LogP contribution in [0.25, 0.3) is 0 Å². The fourth-order valence-corrected chi connectivity index (χ4v) is 6.93. The average Bonchev–Trinajstić information content (AvgIpc) is 2.97. The standard InChI is InChI=1S/C36H41F2N/c1-2-3-4-5-25-6-8-26(9-7-25)10-11-27-14-21-33-32(22-27)23-34(37)35(36(33)38)31-19-17-30(18-20-31)29-15-12-28(24-39)13-16-29/h6-9,12-13,15-16,23,27,30-31H,2-5,10-11,14,17-22H2,1H3. The highest BCUT2D eigenvalue weighted by molar-refractivity contribution is 5.40. The van der Waals surface area contributed by atoms with Crippen LogP contribution in [0.1, 0.15) is 115 Å². The SMILES string of the molecule is CCCCCc1ccc(CCC2CCc3c(cc(F)c(C4CCC(c5ccc(C#N)cc5)CC4)c3F)C2)cc1. The molecule has 3 heteroatoms. The molecule has 3 aromatic rings. The lowest BCUT2D eigenvalue weighted by molar-refractivity contribution is 0.369. The van der Waals surface area contributed by atoms with Crippen LogP contribution in [0.2, 0.25) is 0 Å². The Hall–Kier alpha value is -2.99. The largest absolute Gasteiger partial charge is 0.207 e. The molecule has 0 amide bonds. The molecular formula is C36H41F2N. The molecule has 0 saturated heterocycles. The maximum absolute atomic E-state index is 15.8. The maximum Gasteiger partial charge on any atom is 0.133 e. The van der Waals surface area contributed by atoms with E-state index in [4.69, 9.17) is 5.26 Å². The Labute approximate surface area is 233 Å².